The fraction of sp³-hybridized carbons (Fsp3) is 0.381. The van der Waals surface area contributed by atoms with Gasteiger partial charge in [-0.3, -0.25) is 4.79 Å². The first-order chi connectivity index (χ1) is 12.1. The van der Waals surface area contributed by atoms with E-state index in [-0.39, 0.29) is 5.91 Å². The van der Waals surface area contributed by atoms with E-state index in [9.17, 15) is 4.79 Å². The molecule has 0 N–H and O–H groups in total. The molecule has 0 aromatic heterocycles. The van der Waals surface area contributed by atoms with Crippen LogP contribution >= 0.6 is 11.6 Å². The van der Waals surface area contributed by atoms with Crippen molar-refractivity contribution in [3.63, 3.8) is 0 Å². The second kappa shape index (κ2) is 8.50. The van der Waals surface area contributed by atoms with Crippen molar-refractivity contribution in [2.75, 3.05) is 26.7 Å². The molecule has 0 aliphatic carbocycles. The molecular weight excluding hydrogens is 332 g/mol. The minimum Gasteiger partial charge on any atom is -0.337 e. The summed E-state index contributed by atoms with van der Waals surface area (Å²) >= 11 is 6.20. The number of piperidine rings is 1. The molecule has 1 amide bonds. The average molecular weight is 357 g/mol. The Kier molecular flexibility index (Phi) is 6.11. The lowest BCUT2D eigenvalue weighted by Crippen LogP contribution is -2.49. The third-order valence-corrected chi connectivity index (χ3v) is 5.34. The van der Waals surface area contributed by atoms with Crippen LogP contribution in [-0.4, -0.2) is 48.4 Å². The Hall–Kier alpha value is -1.84. The summed E-state index contributed by atoms with van der Waals surface area (Å²) in [5.41, 5.74) is 1.96. The van der Waals surface area contributed by atoms with Crippen LogP contribution in [0.2, 0.25) is 5.02 Å². The zero-order valence-electron chi connectivity index (χ0n) is 14.7. The maximum Gasteiger partial charge on any atom is 0.255 e. The highest BCUT2D eigenvalue weighted by Crippen LogP contribution is 2.21. The Balaban J connectivity index is 1.59. The van der Waals surface area contributed by atoms with Crippen molar-refractivity contribution in [1.82, 2.24) is 9.80 Å². The number of halogens is 1. The number of benzene rings is 2. The van der Waals surface area contributed by atoms with Gasteiger partial charge in [-0.15, -0.1) is 0 Å². The maximum atomic E-state index is 12.8. The van der Waals surface area contributed by atoms with E-state index in [1.165, 1.54) is 5.56 Å². The lowest BCUT2D eigenvalue weighted by atomic mass is 10.0. The van der Waals surface area contributed by atoms with Crippen LogP contribution < -0.4 is 0 Å². The van der Waals surface area contributed by atoms with Crippen LogP contribution in [0.3, 0.4) is 0 Å². The smallest absolute Gasteiger partial charge is 0.255 e. The topological polar surface area (TPSA) is 23.6 Å². The van der Waals surface area contributed by atoms with Gasteiger partial charge in [-0.2, -0.15) is 0 Å². The van der Waals surface area contributed by atoms with Crippen molar-refractivity contribution in [2.24, 2.45) is 0 Å². The molecule has 1 atom stereocenters. The quantitative estimate of drug-likeness (QED) is 0.804. The number of likely N-dealkylation sites (tertiary alicyclic amines) is 1. The van der Waals surface area contributed by atoms with Crippen molar-refractivity contribution < 1.29 is 4.79 Å². The molecule has 0 unspecified atom stereocenters. The van der Waals surface area contributed by atoms with E-state index in [0.717, 1.165) is 38.9 Å². The fourth-order valence-electron chi connectivity index (χ4n) is 3.44. The van der Waals surface area contributed by atoms with Gasteiger partial charge in [-0.25, -0.2) is 0 Å². The Morgan fingerprint density at radius 1 is 1.16 bits per heavy atom. The van der Waals surface area contributed by atoms with Crippen molar-refractivity contribution >= 4 is 17.5 Å². The summed E-state index contributed by atoms with van der Waals surface area (Å²) in [6, 6.07) is 18.3. The number of hydrogen-bond acceptors (Lipinski definition) is 2. The predicted molar refractivity (Wildman–Crippen MR) is 103 cm³/mol. The third kappa shape index (κ3) is 4.62. The molecule has 1 saturated heterocycles. The van der Waals surface area contributed by atoms with Crippen LogP contribution in [0.25, 0.3) is 0 Å². The van der Waals surface area contributed by atoms with Crippen LogP contribution in [0.15, 0.2) is 54.6 Å². The van der Waals surface area contributed by atoms with E-state index in [0.29, 0.717) is 16.6 Å². The summed E-state index contributed by atoms with van der Waals surface area (Å²) in [5.74, 6) is 0.0479. The highest BCUT2D eigenvalue weighted by molar-refractivity contribution is 6.33. The average Bonchev–Trinajstić information content (AvgIpc) is 2.67. The van der Waals surface area contributed by atoms with E-state index in [4.69, 9.17) is 11.6 Å². The Morgan fingerprint density at radius 3 is 2.64 bits per heavy atom. The van der Waals surface area contributed by atoms with Crippen LogP contribution in [0.1, 0.15) is 28.8 Å². The normalized spacial score (nSPS) is 17.7. The first-order valence-corrected chi connectivity index (χ1v) is 9.31. The number of rotatable bonds is 5. The number of amides is 1. The van der Waals surface area contributed by atoms with Crippen LogP contribution in [0, 0.1) is 0 Å². The summed E-state index contributed by atoms with van der Waals surface area (Å²) in [6.07, 6.45) is 3.21. The maximum absolute atomic E-state index is 12.8. The number of likely N-dealkylation sites (N-methyl/N-ethyl adjacent to an activating group) is 1. The van der Waals surface area contributed by atoms with E-state index in [1.807, 2.05) is 29.2 Å². The minimum atomic E-state index is 0.0479. The molecule has 0 saturated carbocycles. The molecular formula is C21H25ClN2O. The number of nitrogens with zero attached hydrogens (tertiary/aromatic N) is 2. The second-order valence-corrected chi connectivity index (χ2v) is 7.15. The molecule has 0 radical (unpaired) electrons. The summed E-state index contributed by atoms with van der Waals surface area (Å²) in [4.78, 5) is 17.1. The van der Waals surface area contributed by atoms with Crippen molar-refractivity contribution in [1.29, 1.82) is 0 Å². The third-order valence-electron chi connectivity index (χ3n) is 5.01. The molecule has 1 aliphatic rings. The van der Waals surface area contributed by atoms with E-state index in [2.05, 4.69) is 36.2 Å². The number of carbonyl (C=O) groups is 1. The highest BCUT2D eigenvalue weighted by Gasteiger charge is 2.27. The Bertz CT molecular complexity index is 704. The van der Waals surface area contributed by atoms with Gasteiger partial charge in [0.25, 0.3) is 5.91 Å². The van der Waals surface area contributed by atoms with Gasteiger partial charge < -0.3 is 9.80 Å². The molecule has 25 heavy (non-hydrogen) atoms. The van der Waals surface area contributed by atoms with Gasteiger partial charge in [0.2, 0.25) is 0 Å². The summed E-state index contributed by atoms with van der Waals surface area (Å²) < 4.78 is 0. The van der Waals surface area contributed by atoms with Crippen molar-refractivity contribution in [2.45, 2.75) is 25.3 Å². The summed E-state index contributed by atoms with van der Waals surface area (Å²) in [7, 11) is 2.16. The second-order valence-electron chi connectivity index (χ2n) is 6.74. The lowest BCUT2D eigenvalue weighted by Gasteiger charge is -2.38. The molecule has 1 aliphatic heterocycles. The molecule has 2 aromatic carbocycles. The van der Waals surface area contributed by atoms with Crippen LogP contribution in [-0.2, 0) is 6.42 Å². The van der Waals surface area contributed by atoms with Crippen molar-refractivity contribution in [3.8, 4) is 0 Å². The molecule has 1 heterocycles. The zero-order valence-corrected chi connectivity index (χ0v) is 15.5. The van der Waals surface area contributed by atoms with Crippen LogP contribution in [0.4, 0.5) is 0 Å². The van der Waals surface area contributed by atoms with E-state index >= 15 is 0 Å². The monoisotopic (exact) mass is 356 g/mol. The largest absolute Gasteiger partial charge is 0.337 e. The van der Waals surface area contributed by atoms with Gasteiger partial charge in [0.05, 0.1) is 10.6 Å². The molecule has 3 rings (SSSR count). The Labute approximate surface area is 155 Å². The lowest BCUT2D eigenvalue weighted by molar-refractivity contribution is 0.0612. The predicted octanol–water partition coefficient (Wildman–Crippen LogP) is 4.12. The summed E-state index contributed by atoms with van der Waals surface area (Å²) in [6.45, 7) is 2.59. The van der Waals surface area contributed by atoms with Gasteiger partial charge in [0.1, 0.15) is 0 Å². The molecule has 1 fully saturated rings. The molecule has 2 aromatic rings. The molecule has 0 bridgehead atoms. The minimum absolute atomic E-state index is 0.0479. The van der Waals surface area contributed by atoms with Crippen LogP contribution in [0.5, 0.6) is 0 Å². The Morgan fingerprint density at radius 2 is 1.88 bits per heavy atom. The molecule has 0 spiro atoms. The SMILES string of the molecule is CN(CCc1ccccc1)[C@@H]1CCCN(C(=O)c2ccccc2Cl)C1. The zero-order chi connectivity index (χ0) is 17.6. The molecule has 3 nitrogen and oxygen atoms in total. The van der Waals surface area contributed by atoms with E-state index in [1.54, 1.807) is 6.07 Å². The number of carbonyl (C=O) groups excluding carboxylic acids is 1. The van der Waals surface area contributed by atoms with Gasteiger partial charge in [0, 0.05) is 25.7 Å². The van der Waals surface area contributed by atoms with Gasteiger partial charge in [-0.05, 0) is 44.0 Å². The standard InChI is InChI=1S/C21H25ClN2O/c1-23(15-13-17-8-3-2-4-9-17)18-10-7-14-24(16-18)21(25)19-11-5-6-12-20(19)22/h2-6,8-9,11-12,18H,7,10,13-16H2,1H3/t18-/m1/s1. The van der Waals surface area contributed by atoms with Gasteiger partial charge in [0.15, 0.2) is 0 Å². The first-order valence-electron chi connectivity index (χ1n) is 8.93. The van der Waals surface area contributed by atoms with E-state index < -0.39 is 0 Å². The summed E-state index contributed by atoms with van der Waals surface area (Å²) in [5, 5.41) is 0.534. The molecule has 132 valence electrons. The fourth-order valence-corrected chi connectivity index (χ4v) is 3.65. The number of hydrogen-bond donors (Lipinski definition) is 0. The first kappa shape index (κ1) is 18.0. The van der Waals surface area contributed by atoms with Crippen molar-refractivity contribution in [3.05, 3.63) is 70.7 Å². The molecule has 4 heteroatoms. The van der Waals surface area contributed by atoms with Gasteiger partial charge in [-0.1, -0.05) is 54.1 Å². The highest BCUT2D eigenvalue weighted by atomic mass is 35.5. The van der Waals surface area contributed by atoms with Gasteiger partial charge >= 0.3 is 0 Å².